The number of thiol groups is 1. The zero-order valence-corrected chi connectivity index (χ0v) is 12.9. The summed E-state index contributed by atoms with van der Waals surface area (Å²) in [7, 11) is 1.60. The van der Waals surface area contributed by atoms with E-state index in [2.05, 4.69) is 17.6 Å². The van der Waals surface area contributed by atoms with Crippen LogP contribution in [0.25, 0.3) is 0 Å². The summed E-state index contributed by atoms with van der Waals surface area (Å²) < 4.78 is 5.69. The summed E-state index contributed by atoms with van der Waals surface area (Å²) in [5, 5.41) is 9.45. The first-order valence-electron chi connectivity index (χ1n) is 6.03. The Bertz CT molecular complexity index is 607. The molecule has 0 radical (unpaired) electrons. The Morgan fingerprint density at radius 3 is 2.55 bits per heavy atom. The Kier molecular flexibility index (Phi) is 4.67. The third kappa shape index (κ3) is 3.32. The van der Waals surface area contributed by atoms with E-state index in [1.165, 1.54) is 11.3 Å². The van der Waals surface area contributed by atoms with Crippen LogP contribution in [0.5, 0.6) is 5.75 Å². The van der Waals surface area contributed by atoms with Crippen LogP contribution >= 0.6 is 24.0 Å². The van der Waals surface area contributed by atoms with Crippen molar-refractivity contribution in [2.24, 2.45) is 0 Å². The van der Waals surface area contributed by atoms with E-state index in [0.717, 1.165) is 21.9 Å². The van der Waals surface area contributed by atoms with Crippen LogP contribution in [0.2, 0.25) is 0 Å². The lowest BCUT2D eigenvalue weighted by molar-refractivity contribution is -0.138. The van der Waals surface area contributed by atoms with Gasteiger partial charge in [0.1, 0.15) is 10.1 Å². The van der Waals surface area contributed by atoms with Crippen LogP contribution in [-0.4, -0.2) is 23.2 Å². The number of thiazole rings is 1. The van der Waals surface area contributed by atoms with Gasteiger partial charge in [0.2, 0.25) is 0 Å². The van der Waals surface area contributed by atoms with Gasteiger partial charge in [-0.3, -0.25) is 4.79 Å². The first kappa shape index (κ1) is 14.9. The maximum atomic E-state index is 11.5. The minimum atomic E-state index is -0.846. The van der Waals surface area contributed by atoms with E-state index in [1.54, 1.807) is 7.11 Å². The zero-order chi connectivity index (χ0) is 14.7. The molecule has 0 aliphatic carbocycles. The van der Waals surface area contributed by atoms with Gasteiger partial charge in [-0.05, 0) is 31.0 Å². The van der Waals surface area contributed by atoms with Crippen molar-refractivity contribution in [3.63, 3.8) is 0 Å². The first-order chi connectivity index (χ1) is 9.51. The number of aliphatic carboxylic acids is 1. The maximum Gasteiger partial charge on any atom is 0.312 e. The number of benzene rings is 1. The number of carboxylic acid groups (broad SMARTS) is 1. The number of aryl methyl sites for hydroxylation is 1. The number of carboxylic acids is 1. The topological polar surface area (TPSA) is 59.4 Å². The lowest BCUT2D eigenvalue weighted by Crippen LogP contribution is -2.14. The molecule has 0 fully saturated rings. The Morgan fingerprint density at radius 1 is 1.45 bits per heavy atom. The summed E-state index contributed by atoms with van der Waals surface area (Å²) in [5.74, 6) is -0.685. The molecule has 2 rings (SSSR count). The number of ether oxygens (including phenoxy) is 1. The molecule has 0 amide bonds. The van der Waals surface area contributed by atoms with Crippen LogP contribution in [0.15, 0.2) is 28.6 Å². The van der Waals surface area contributed by atoms with E-state index in [-0.39, 0.29) is 0 Å². The molecule has 1 heterocycles. The summed E-state index contributed by atoms with van der Waals surface area (Å²) in [5.41, 5.74) is 1.69. The van der Waals surface area contributed by atoms with E-state index < -0.39 is 11.9 Å². The second kappa shape index (κ2) is 6.28. The SMILES string of the molecule is COc1ccc(CC(C(=O)O)c2sc(S)nc2C)cc1. The van der Waals surface area contributed by atoms with Crippen molar-refractivity contribution in [3.8, 4) is 5.75 Å². The minimum Gasteiger partial charge on any atom is -0.497 e. The molecule has 106 valence electrons. The molecule has 0 bridgehead atoms. The van der Waals surface area contributed by atoms with Crippen LogP contribution in [0.4, 0.5) is 0 Å². The number of hydrogen-bond donors (Lipinski definition) is 2. The third-order valence-electron chi connectivity index (χ3n) is 3.03. The second-order valence-corrected chi connectivity index (χ2v) is 6.15. The van der Waals surface area contributed by atoms with E-state index >= 15 is 0 Å². The van der Waals surface area contributed by atoms with E-state index in [9.17, 15) is 9.90 Å². The Labute approximate surface area is 126 Å². The highest BCUT2D eigenvalue weighted by Gasteiger charge is 2.25. The van der Waals surface area contributed by atoms with Gasteiger partial charge in [-0.1, -0.05) is 12.1 Å². The Balaban J connectivity index is 2.25. The van der Waals surface area contributed by atoms with Gasteiger partial charge >= 0.3 is 5.97 Å². The van der Waals surface area contributed by atoms with Crippen molar-refractivity contribution >= 4 is 29.9 Å². The van der Waals surface area contributed by atoms with Crippen LogP contribution in [0, 0.1) is 6.92 Å². The van der Waals surface area contributed by atoms with Gasteiger partial charge in [-0.25, -0.2) is 4.98 Å². The van der Waals surface area contributed by atoms with Crippen LogP contribution in [-0.2, 0) is 11.2 Å². The highest BCUT2D eigenvalue weighted by atomic mass is 32.2. The number of aromatic nitrogens is 1. The Hall–Kier alpha value is -1.53. The molecule has 0 saturated carbocycles. The monoisotopic (exact) mass is 309 g/mol. The van der Waals surface area contributed by atoms with Gasteiger partial charge in [-0.15, -0.1) is 24.0 Å². The molecular formula is C14H15NO3S2. The predicted molar refractivity (Wildman–Crippen MR) is 81.2 cm³/mol. The van der Waals surface area contributed by atoms with Gasteiger partial charge in [0, 0.05) is 4.88 Å². The molecule has 0 saturated heterocycles. The van der Waals surface area contributed by atoms with Gasteiger partial charge in [0.15, 0.2) is 0 Å². The molecule has 1 atom stereocenters. The minimum absolute atomic E-state index is 0.426. The number of nitrogens with zero attached hydrogens (tertiary/aromatic N) is 1. The summed E-state index contributed by atoms with van der Waals surface area (Å²) in [6.07, 6.45) is 0.426. The summed E-state index contributed by atoms with van der Waals surface area (Å²) in [6.45, 7) is 1.81. The maximum absolute atomic E-state index is 11.5. The lowest BCUT2D eigenvalue weighted by Gasteiger charge is -2.11. The summed E-state index contributed by atoms with van der Waals surface area (Å²) >= 11 is 5.51. The lowest BCUT2D eigenvalue weighted by atomic mass is 9.97. The molecule has 2 aromatic rings. The van der Waals surface area contributed by atoms with Crippen LogP contribution in [0.3, 0.4) is 0 Å². The van der Waals surface area contributed by atoms with Gasteiger partial charge in [0.25, 0.3) is 0 Å². The number of carbonyl (C=O) groups is 1. The number of rotatable bonds is 5. The molecule has 1 unspecified atom stereocenters. The molecule has 0 spiro atoms. The van der Waals surface area contributed by atoms with Crippen molar-refractivity contribution in [1.82, 2.24) is 4.98 Å². The second-order valence-electron chi connectivity index (χ2n) is 4.39. The fourth-order valence-electron chi connectivity index (χ4n) is 2.01. The van der Waals surface area contributed by atoms with Crippen LogP contribution in [0.1, 0.15) is 22.1 Å². The number of hydrogen-bond acceptors (Lipinski definition) is 5. The van der Waals surface area contributed by atoms with E-state index in [1.807, 2.05) is 31.2 Å². The summed E-state index contributed by atoms with van der Waals surface area (Å²) in [6, 6.07) is 7.43. The fourth-order valence-corrected chi connectivity index (χ4v) is 3.35. The molecule has 0 aliphatic heterocycles. The first-order valence-corrected chi connectivity index (χ1v) is 7.29. The third-order valence-corrected chi connectivity index (χ3v) is 4.48. The van der Waals surface area contributed by atoms with Crippen molar-refractivity contribution in [2.75, 3.05) is 7.11 Å². The molecule has 1 aromatic carbocycles. The molecule has 4 nitrogen and oxygen atoms in total. The largest absolute Gasteiger partial charge is 0.497 e. The normalized spacial score (nSPS) is 12.2. The average molecular weight is 309 g/mol. The van der Waals surface area contributed by atoms with Crippen molar-refractivity contribution in [2.45, 2.75) is 23.6 Å². The van der Waals surface area contributed by atoms with E-state index in [4.69, 9.17) is 4.74 Å². The molecule has 1 aromatic heterocycles. The summed E-state index contributed by atoms with van der Waals surface area (Å²) in [4.78, 5) is 16.5. The van der Waals surface area contributed by atoms with Gasteiger partial charge in [0.05, 0.1) is 18.7 Å². The highest BCUT2D eigenvalue weighted by molar-refractivity contribution is 7.82. The molecule has 6 heteroatoms. The van der Waals surface area contributed by atoms with Gasteiger partial charge in [-0.2, -0.15) is 0 Å². The standard InChI is InChI=1S/C14H15NO3S2/c1-8-12(20-14(19)15-8)11(13(16)17)7-9-3-5-10(18-2)6-4-9/h3-6,11H,7H2,1-2H3,(H,15,19)(H,16,17). The predicted octanol–water partition coefficient (Wildman–Crippen LogP) is 3.16. The highest BCUT2D eigenvalue weighted by Crippen LogP contribution is 2.31. The van der Waals surface area contributed by atoms with Crippen molar-refractivity contribution < 1.29 is 14.6 Å². The van der Waals surface area contributed by atoms with E-state index in [0.29, 0.717) is 10.8 Å². The quantitative estimate of drug-likeness (QED) is 0.833. The fraction of sp³-hybridized carbons (Fsp3) is 0.286. The molecule has 20 heavy (non-hydrogen) atoms. The van der Waals surface area contributed by atoms with Crippen molar-refractivity contribution in [3.05, 3.63) is 40.4 Å². The molecule has 1 N–H and O–H groups in total. The van der Waals surface area contributed by atoms with Crippen molar-refractivity contribution in [1.29, 1.82) is 0 Å². The number of methoxy groups -OCH3 is 1. The van der Waals surface area contributed by atoms with Crippen LogP contribution < -0.4 is 4.74 Å². The molecular weight excluding hydrogens is 294 g/mol. The Morgan fingerprint density at radius 2 is 2.10 bits per heavy atom. The molecule has 0 aliphatic rings. The average Bonchev–Trinajstić information content (AvgIpc) is 2.75. The van der Waals surface area contributed by atoms with Gasteiger partial charge < -0.3 is 9.84 Å². The zero-order valence-electron chi connectivity index (χ0n) is 11.2. The smallest absolute Gasteiger partial charge is 0.312 e.